The van der Waals surface area contributed by atoms with Crippen molar-refractivity contribution in [3.05, 3.63) is 90.0 Å². The maximum atomic E-state index is 11.9. The van der Waals surface area contributed by atoms with Crippen LogP contribution < -0.4 is 9.47 Å². The fraction of sp³-hybridized carbons (Fsp3) is 0.296. The Balaban J connectivity index is 1.61. The maximum absolute atomic E-state index is 11.9. The zero-order valence-corrected chi connectivity index (χ0v) is 19.5. The summed E-state index contributed by atoms with van der Waals surface area (Å²) in [6.45, 7) is 4.84. The summed E-state index contributed by atoms with van der Waals surface area (Å²) in [6.07, 6.45) is 3.55. The van der Waals surface area contributed by atoms with Gasteiger partial charge in [-0.25, -0.2) is 4.98 Å². The molecule has 0 fully saturated rings. The molecule has 0 aliphatic carbocycles. The SMILES string of the molecule is COc1cc2ccc(C(O)(c3cn(COCc4ccccc4)cn3)C(C)C)cc2cc1OC. The molecule has 172 valence electrons. The van der Waals surface area contributed by atoms with Crippen molar-refractivity contribution in [2.75, 3.05) is 14.2 Å². The van der Waals surface area contributed by atoms with Gasteiger partial charge in [-0.2, -0.15) is 0 Å². The highest BCUT2D eigenvalue weighted by atomic mass is 16.5. The maximum Gasteiger partial charge on any atom is 0.161 e. The lowest BCUT2D eigenvalue weighted by molar-refractivity contribution is 0.0273. The van der Waals surface area contributed by atoms with E-state index in [0.717, 1.165) is 21.9 Å². The third-order valence-corrected chi connectivity index (χ3v) is 5.99. The van der Waals surface area contributed by atoms with Gasteiger partial charge in [-0.15, -0.1) is 0 Å². The molecule has 0 saturated carbocycles. The number of aromatic nitrogens is 2. The van der Waals surface area contributed by atoms with Gasteiger partial charge in [0.1, 0.15) is 12.3 Å². The molecule has 0 radical (unpaired) electrons. The topological polar surface area (TPSA) is 65.7 Å². The second-order valence-electron chi connectivity index (χ2n) is 8.43. The molecule has 6 heteroatoms. The van der Waals surface area contributed by atoms with E-state index in [0.29, 0.717) is 30.5 Å². The molecule has 0 saturated heterocycles. The third-order valence-electron chi connectivity index (χ3n) is 5.99. The lowest BCUT2D eigenvalue weighted by atomic mass is 9.80. The Kier molecular flexibility index (Phi) is 6.67. The van der Waals surface area contributed by atoms with Crippen LogP contribution in [0.4, 0.5) is 0 Å². The van der Waals surface area contributed by atoms with E-state index in [1.165, 1.54) is 0 Å². The average Bonchev–Trinajstić information content (AvgIpc) is 3.32. The van der Waals surface area contributed by atoms with Gasteiger partial charge in [0.15, 0.2) is 11.5 Å². The molecule has 1 unspecified atom stereocenters. The summed E-state index contributed by atoms with van der Waals surface area (Å²) in [5.74, 6) is 1.21. The molecule has 1 aromatic heterocycles. The highest BCUT2D eigenvalue weighted by Crippen LogP contribution is 2.39. The lowest BCUT2D eigenvalue weighted by Gasteiger charge is -2.31. The number of ether oxygens (including phenoxy) is 3. The molecule has 4 aromatic rings. The molecule has 0 amide bonds. The molecular formula is C27H30N2O4. The van der Waals surface area contributed by atoms with E-state index in [9.17, 15) is 5.11 Å². The summed E-state index contributed by atoms with van der Waals surface area (Å²) < 4.78 is 18.5. The fourth-order valence-electron chi connectivity index (χ4n) is 4.06. The van der Waals surface area contributed by atoms with Gasteiger partial charge in [0.2, 0.25) is 0 Å². The number of methoxy groups -OCH3 is 2. The number of imidazole rings is 1. The highest BCUT2D eigenvalue weighted by molar-refractivity contribution is 5.87. The molecule has 3 aromatic carbocycles. The largest absolute Gasteiger partial charge is 0.493 e. The van der Waals surface area contributed by atoms with Crippen LogP contribution in [-0.4, -0.2) is 28.9 Å². The normalized spacial score (nSPS) is 13.3. The molecule has 1 atom stereocenters. The predicted molar refractivity (Wildman–Crippen MR) is 128 cm³/mol. The minimum atomic E-state index is -1.26. The molecule has 4 rings (SSSR count). The van der Waals surface area contributed by atoms with Crippen LogP contribution in [0.2, 0.25) is 0 Å². The first-order chi connectivity index (χ1) is 16.0. The predicted octanol–water partition coefficient (Wildman–Crippen LogP) is 5.12. The Morgan fingerprint density at radius 1 is 0.939 bits per heavy atom. The first kappa shape index (κ1) is 22.8. The third kappa shape index (κ3) is 4.58. The van der Waals surface area contributed by atoms with Crippen molar-refractivity contribution in [1.82, 2.24) is 9.55 Å². The van der Waals surface area contributed by atoms with Crippen molar-refractivity contribution in [2.45, 2.75) is 32.8 Å². The summed E-state index contributed by atoms with van der Waals surface area (Å²) in [7, 11) is 3.24. The van der Waals surface area contributed by atoms with Gasteiger partial charge < -0.3 is 23.9 Å². The van der Waals surface area contributed by atoms with Crippen molar-refractivity contribution >= 4 is 10.8 Å². The van der Waals surface area contributed by atoms with Gasteiger partial charge in [0.25, 0.3) is 0 Å². The van der Waals surface area contributed by atoms with Crippen LogP contribution in [0.5, 0.6) is 11.5 Å². The van der Waals surface area contributed by atoms with E-state index in [1.807, 2.05) is 85.3 Å². The Bertz CT molecular complexity index is 1220. The van der Waals surface area contributed by atoms with Gasteiger partial charge in [0, 0.05) is 6.20 Å². The lowest BCUT2D eigenvalue weighted by Crippen LogP contribution is -2.33. The van der Waals surface area contributed by atoms with Gasteiger partial charge in [0.05, 0.1) is 32.8 Å². The zero-order valence-electron chi connectivity index (χ0n) is 19.5. The average molecular weight is 447 g/mol. The molecule has 6 nitrogen and oxygen atoms in total. The van der Waals surface area contributed by atoms with Crippen LogP contribution in [-0.2, 0) is 23.7 Å². The summed E-state index contributed by atoms with van der Waals surface area (Å²) in [5.41, 5.74) is 1.21. The van der Waals surface area contributed by atoms with E-state index in [4.69, 9.17) is 14.2 Å². The molecule has 33 heavy (non-hydrogen) atoms. The van der Waals surface area contributed by atoms with Crippen LogP contribution in [0.25, 0.3) is 10.8 Å². The quantitative estimate of drug-likeness (QED) is 0.387. The standard InChI is InChI=1S/C27H30N2O4/c1-19(2)27(30,23-11-10-21-13-24(31-3)25(32-4)14-22(21)12-23)26-15-29(17-28-26)18-33-16-20-8-6-5-7-9-20/h5-15,17,19,30H,16,18H2,1-4H3. The monoisotopic (exact) mass is 446 g/mol. The molecule has 1 N–H and O–H groups in total. The Morgan fingerprint density at radius 2 is 1.64 bits per heavy atom. The second-order valence-corrected chi connectivity index (χ2v) is 8.43. The number of nitrogens with zero attached hydrogens (tertiary/aromatic N) is 2. The highest BCUT2D eigenvalue weighted by Gasteiger charge is 2.37. The Morgan fingerprint density at radius 3 is 2.30 bits per heavy atom. The van der Waals surface area contributed by atoms with E-state index in [1.54, 1.807) is 20.5 Å². The number of benzene rings is 3. The van der Waals surface area contributed by atoms with E-state index >= 15 is 0 Å². The van der Waals surface area contributed by atoms with E-state index in [2.05, 4.69) is 4.98 Å². The van der Waals surface area contributed by atoms with Crippen molar-refractivity contribution in [1.29, 1.82) is 0 Å². The number of aliphatic hydroxyl groups is 1. The van der Waals surface area contributed by atoms with Crippen LogP contribution in [0.1, 0.15) is 30.7 Å². The van der Waals surface area contributed by atoms with Gasteiger partial charge in [-0.1, -0.05) is 56.3 Å². The Hall–Kier alpha value is -3.35. The summed E-state index contributed by atoms with van der Waals surface area (Å²) in [4.78, 5) is 4.54. The van der Waals surface area contributed by atoms with Crippen LogP contribution in [0.15, 0.2) is 73.2 Å². The molecule has 0 aliphatic heterocycles. The summed E-state index contributed by atoms with van der Waals surface area (Å²) >= 11 is 0. The number of hydrogen-bond acceptors (Lipinski definition) is 5. The van der Waals surface area contributed by atoms with Crippen LogP contribution in [0, 0.1) is 5.92 Å². The number of hydrogen-bond donors (Lipinski definition) is 1. The molecule has 1 heterocycles. The second kappa shape index (κ2) is 9.65. The molecule has 0 spiro atoms. The van der Waals surface area contributed by atoms with Gasteiger partial charge in [-0.3, -0.25) is 0 Å². The summed E-state index contributed by atoms with van der Waals surface area (Å²) in [6, 6.07) is 19.8. The van der Waals surface area contributed by atoms with Crippen LogP contribution in [0.3, 0.4) is 0 Å². The smallest absolute Gasteiger partial charge is 0.161 e. The minimum absolute atomic E-state index is 0.108. The summed E-state index contributed by atoms with van der Waals surface area (Å²) in [5, 5.41) is 13.8. The van der Waals surface area contributed by atoms with Crippen molar-refractivity contribution in [3.63, 3.8) is 0 Å². The van der Waals surface area contributed by atoms with Crippen LogP contribution >= 0.6 is 0 Å². The molecule has 0 bridgehead atoms. The van der Waals surface area contributed by atoms with Crippen molar-refractivity contribution < 1.29 is 19.3 Å². The number of fused-ring (bicyclic) bond motifs is 1. The van der Waals surface area contributed by atoms with Crippen molar-refractivity contribution in [3.8, 4) is 11.5 Å². The van der Waals surface area contributed by atoms with Crippen molar-refractivity contribution in [2.24, 2.45) is 5.92 Å². The Labute approximate surface area is 194 Å². The van der Waals surface area contributed by atoms with Gasteiger partial charge >= 0.3 is 0 Å². The minimum Gasteiger partial charge on any atom is -0.493 e. The molecule has 0 aliphatic rings. The van der Waals surface area contributed by atoms with E-state index in [-0.39, 0.29) is 5.92 Å². The van der Waals surface area contributed by atoms with Gasteiger partial charge in [-0.05, 0) is 46.0 Å². The zero-order chi connectivity index (χ0) is 23.4. The number of rotatable bonds is 9. The molecular weight excluding hydrogens is 416 g/mol. The first-order valence-electron chi connectivity index (χ1n) is 11.0. The van der Waals surface area contributed by atoms with E-state index < -0.39 is 5.60 Å². The fourth-order valence-corrected chi connectivity index (χ4v) is 4.06. The first-order valence-corrected chi connectivity index (χ1v) is 11.0.